The highest BCUT2D eigenvalue weighted by Crippen LogP contribution is 2.32. The molecule has 152 valence electrons. The van der Waals surface area contributed by atoms with Gasteiger partial charge in [0.1, 0.15) is 16.5 Å². The predicted molar refractivity (Wildman–Crippen MR) is 99.8 cm³/mol. The first-order chi connectivity index (χ1) is 13.9. The fourth-order valence-corrected chi connectivity index (χ4v) is 3.80. The number of nitrogens with zero attached hydrogens (tertiary/aromatic N) is 5. The maximum absolute atomic E-state index is 13.4. The zero-order valence-electron chi connectivity index (χ0n) is 15.2. The number of halogens is 4. The van der Waals surface area contributed by atoms with Gasteiger partial charge < -0.3 is 4.90 Å². The average Bonchev–Trinajstić information content (AvgIpc) is 3.12. The number of H-pyrrole nitrogens is 1. The Balaban J connectivity index is 1.65. The van der Waals surface area contributed by atoms with Crippen molar-refractivity contribution >= 4 is 17.3 Å². The van der Waals surface area contributed by atoms with Crippen molar-refractivity contribution in [3.05, 3.63) is 68.1 Å². The van der Waals surface area contributed by atoms with Gasteiger partial charge in [-0.2, -0.15) is 5.10 Å². The summed E-state index contributed by atoms with van der Waals surface area (Å²) in [4.78, 5) is 13.6. The first kappa shape index (κ1) is 19.4. The van der Waals surface area contributed by atoms with E-state index in [0.29, 0.717) is 36.5 Å². The molecule has 1 aliphatic heterocycles. The molecule has 7 nitrogen and oxygen atoms in total. The number of benzene rings is 1. The predicted octanol–water partition coefficient (Wildman–Crippen LogP) is 3.26. The highest BCUT2D eigenvalue weighted by atomic mass is 35.5. The molecule has 0 saturated heterocycles. The third-order valence-electron chi connectivity index (χ3n) is 5.05. The van der Waals surface area contributed by atoms with E-state index in [-0.39, 0.29) is 10.6 Å². The summed E-state index contributed by atoms with van der Waals surface area (Å²) in [6, 6.07) is 2.81. The van der Waals surface area contributed by atoms with E-state index >= 15 is 0 Å². The van der Waals surface area contributed by atoms with Crippen LogP contribution < -0.4 is 10.5 Å². The number of anilines is 1. The molecule has 4 rings (SSSR count). The van der Waals surface area contributed by atoms with E-state index in [9.17, 15) is 18.0 Å². The minimum absolute atomic E-state index is 0.0390. The van der Waals surface area contributed by atoms with Gasteiger partial charge in [-0.05, 0) is 24.6 Å². The van der Waals surface area contributed by atoms with Crippen molar-refractivity contribution in [2.75, 3.05) is 11.4 Å². The third-order valence-corrected chi connectivity index (χ3v) is 5.41. The van der Waals surface area contributed by atoms with E-state index < -0.39 is 23.8 Å². The molecule has 0 radical (unpaired) electrons. The molecule has 3 heterocycles. The van der Waals surface area contributed by atoms with Crippen LogP contribution in [0.5, 0.6) is 0 Å². The monoisotopic (exact) mass is 424 g/mol. The molecule has 0 spiro atoms. The van der Waals surface area contributed by atoms with Crippen LogP contribution in [0.3, 0.4) is 0 Å². The Morgan fingerprint density at radius 3 is 2.83 bits per heavy atom. The van der Waals surface area contributed by atoms with Crippen molar-refractivity contribution in [2.24, 2.45) is 0 Å². The zero-order chi connectivity index (χ0) is 20.7. The first-order valence-electron chi connectivity index (χ1n) is 8.85. The lowest BCUT2D eigenvalue weighted by Crippen LogP contribution is -2.33. The molecule has 29 heavy (non-hydrogen) atoms. The van der Waals surface area contributed by atoms with Gasteiger partial charge in [0.05, 0.1) is 30.2 Å². The second-order valence-corrected chi connectivity index (χ2v) is 7.13. The number of hydrogen-bond acceptors (Lipinski definition) is 5. The minimum atomic E-state index is -2.80. The second kappa shape index (κ2) is 7.51. The fraction of sp³-hybridized carbons (Fsp3) is 0.333. The Kier molecular flexibility index (Phi) is 5.03. The second-order valence-electron chi connectivity index (χ2n) is 6.75. The van der Waals surface area contributed by atoms with Crippen LogP contribution in [0.4, 0.5) is 18.9 Å². The lowest BCUT2D eigenvalue weighted by Gasteiger charge is -2.29. The summed E-state index contributed by atoms with van der Waals surface area (Å²) >= 11 is 6.08. The largest absolute Gasteiger partial charge is 0.362 e. The van der Waals surface area contributed by atoms with Crippen LogP contribution in [-0.4, -0.2) is 31.7 Å². The van der Waals surface area contributed by atoms with Crippen LogP contribution in [0, 0.1) is 5.82 Å². The number of fused-ring (bicyclic) bond motifs is 1. The van der Waals surface area contributed by atoms with Gasteiger partial charge in [0.25, 0.3) is 12.0 Å². The molecule has 0 amide bonds. The van der Waals surface area contributed by atoms with Gasteiger partial charge >= 0.3 is 0 Å². The van der Waals surface area contributed by atoms with E-state index in [1.807, 2.05) is 4.90 Å². The number of hydrogen-bond donors (Lipinski definition) is 1. The average molecular weight is 425 g/mol. The number of alkyl halides is 2. The van der Waals surface area contributed by atoms with Gasteiger partial charge in [-0.1, -0.05) is 22.9 Å². The molecule has 0 fully saturated rings. The van der Waals surface area contributed by atoms with Gasteiger partial charge in [-0.25, -0.2) is 23.0 Å². The molecule has 1 aromatic carbocycles. The summed E-state index contributed by atoms with van der Waals surface area (Å²) in [6.07, 6.45) is -0.820. The summed E-state index contributed by atoms with van der Waals surface area (Å²) in [5, 5.41) is 14.4. The molecule has 1 N–H and O–H groups in total. The number of aromatic nitrogens is 5. The molecule has 0 aliphatic carbocycles. The summed E-state index contributed by atoms with van der Waals surface area (Å²) < 4.78 is 41.8. The van der Waals surface area contributed by atoms with Crippen LogP contribution in [-0.2, 0) is 13.0 Å². The Morgan fingerprint density at radius 1 is 1.28 bits per heavy atom. The van der Waals surface area contributed by atoms with Gasteiger partial charge in [-0.15, -0.1) is 5.10 Å². The summed E-state index contributed by atoms with van der Waals surface area (Å²) in [6.45, 7) is 2.58. The quantitative estimate of drug-likeness (QED) is 0.695. The maximum atomic E-state index is 13.4. The summed E-state index contributed by atoms with van der Waals surface area (Å²) in [5.74, 6) is -0.712. The van der Waals surface area contributed by atoms with Crippen LogP contribution in [0.15, 0.2) is 29.2 Å². The molecule has 11 heteroatoms. The third kappa shape index (κ3) is 3.48. The summed E-state index contributed by atoms with van der Waals surface area (Å²) in [7, 11) is 0. The van der Waals surface area contributed by atoms with Crippen LogP contribution in [0.25, 0.3) is 0 Å². The van der Waals surface area contributed by atoms with Crippen molar-refractivity contribution in [1.82, 2.24) is 25.2 Å². The van der Waals surface area contributed by atoms with Crippen LogP contribution in [0.1, 0.15) is 41.9 Å². The molecule has 1 aliphatic rings. The van der Waals surface area contributed by atoms with Crippen LogP contribution in [0.2, 0.25) is 5.02 Å². The minimum Gasteiger partial charge on any atom is -0.362 e. The number of rotatable bonds is 4. The summed E-state index contributed by atoms with van der Waals surface area (Å²) in [5.41, 5.74) is 1.39. The molecule has 1 atom stereocenters. The smallest absolute Gasteiger partial charge is 0.285 e. The zero-order valence-corrected chi connectivity index (χ0v) is 16.0. The van der Waals surface area contributed by atoms with E-state index in [1.165, 1.54) is 12.3 Å². The molecule has 0 saturated carbocycles. The van der Waals surface area contributed by atoms with E-state index in [0.717, 1.165) is 17.8 Å². The first-order valence-corrected chi connectivity index (χ1v) is 9.23. The van der Waals surface area contributed by atoms with Gasteiger partial charge in [0.2, 0.25) is 0 Å². The maximum Gasteiger partial charge on any atom is 0.285 e. The van der Waals surface area contributed by atoms with Gasteiger partial charge in [-0.3, -0.25) is 4.79 Å². The molecular formula is C18H16ClF3N6O. The van der Waals surface area contributed by atoms with E-state index in [2.05, 4.69) is 20.5 Å². The van der Waals surface area contributed by atoms with Crippen molar-refractivity contribution < 1.29 is 13.2 Å². The number of aromatic amines is 1. The normalized spacial score (nSPS) is 14.9. The molecular weight excluding hydrogens is 409 g/mol. The molecule has 2 aromatic heterocycles. The Morgan fingerprint density at radius 2 is 2.07 bits per heavy atom. The fourth-order valence-electron chi connectivity index (χ4n) is 3.59. The van der Waals surface area contributed by atoms with Crippen molar-refractivity contribution in [3.63, 3.8) is 0 Å². The van der Waals surface area contributed by atoms with Gasteiger partial charge in [0, 0.05) is 18.5 Å². The highest BCUT2D eigenvalue weighted by Gasteiger charge is 2.28. The lowest BCUT2D eigenvalue weighted by molar-refractivity contribution is 0.149. The highest BCUT2D eigenvalue weighted by molar-refractivity contribution is 6.32. The standard InChI is InChI=1S/C18H16ClF3N6O/c1-9(11-3-2-10(20)6-12(11)17(21)22)28-14-4-5-27(8-13(14)24-26-28)15-7-23-25-18(29)16(15)19/h2-3,6-7,9,17H,4-5,8H2,1H3,(H,25,29). The Labute approximate surface area is 168 Å². The lowest BCUT2D eigenvalue weighted by atomic mass is 10.0. The van der Waals surface area contributed by atoms with Gasteiger partial charge in [0.15, 0.2) is 0 Å². The number of nitrogens with one attached hydrogen (secondary N) is 1. The molecule has 1 unspecified atom stereocenters. The molecule has 3 aromatic rings. The topological polar surface area (TPSA) is 79.7 Å². The Bertz CT molecular complexity index is 1120. The SMILES string of the molecule is CC(c1ccc(F)cc1C(F)F)n1nnc2c1CCN(c1cn[nH]c(=O)c1Cl)C2. The van der Waals surface area contributed by atoms with E-state index in [1.54, 1.807) is 11.6 Å². The Hall–Kier alpha value is -2.88. The van der Waals surface area contributed by atoms with Crippen LogP contribution >= 0.6 is 11.6 Å². The van der Waals surface area contributed by atoms with Crippen molar-refractivity contribution in [3.8, 4) is 0 Å². The van der Waals surface area contributed by atoms with E-state index in [4.69, 9.17) is 11.6 Å². The molecule has 0 bridgehead atoms. The van der Waals surface area contributed by atoms with Crippen molar-refractivity contribution in [1.29, 1.82) is 0 Å². The van der Waals surface area contributed by atoms with Crippen molar-refractivity contribution in [2.45, 2.75) is 32.4 Å².